The lowest BCUT2D eigenvalue weighted by molar-refractivity contribution is 0.149. The van der Waals surface area contributed by atoms with Crippen molar-refractivity contribution in [2.45, 2.75) is 26.3 Å². The van der Waals surface area contributed by atoms with Crippen molar-refractivity contribution in [1.82, 2.24) is 5.32 Å². The molecule has 4 heteroatoms. The number of nitrogens with zero attached hydrogens (tertiary/aromatic N) is 1. The lowest BCUT2D eigenvalue weighted by Crippen LogP contribution is -2.32. The fraction of sp³-hybridized carbons (Fsp3) is 0.714. The zero-order valence-corrected chi connectivity index (χ0v) is 6.76. The Kier molecular flexibility index (Phi) is 4.91. The van der Waals surface area contributed by atoms with Crippen LogP contribution in [0.4, 0.5) is 4.79 Å². The predicted octanol–water partition coefficient (Wildman–Crippen LogP) is 1.03. The van der Waals surface area contributed by atoms with Crippen LogP contribution in [-0.4, -0.2) is 18.7 Å². The molecule has 0 saturated carbocycles. The van der Waals surface area contributed by atoms with E-state index >= 15 is 0 Å². The van der Waals surface area contributed by atoms with Crippen LogP contribution in [0.1, 0.15) is 20.3 Å². The van der Waals surface area contributed by atoms with E-state index in [0.717, 1.165) is 0 Å². The largest absolute Gasteiger partial charge is 0.450 e. The van der Waals surface area contributed by atoms with Crippen molar-refractivity contribution in [3.05, 3.63) is 0 Å². The van der Waals surface area contributed by atoms with Crippen LogP contribution < -0.4 is 5.32 Å². The minimum Gasteiger partial charge on any atom is -0.450 e. The topological polar surface area (TPSA) is 62.1 Å². The van der Waals surface area contributed by atoms with Gasteiger partial charge in [-0.1, -0.05) is 0 Å². The Morgan fingerprint density at radius 1 is 1.82 bits per heavy atom. The Labute approximate surface area is 66.1 Å². The maximum Gasteiger partial charge on any atom is 0.407 e. The first-order valence-corrected chi connectivity index (χ1v) is 3.51. The fourth-order valence-corrected chi connectivity index (χ4v) is 0.562. The summed E-state index contributed by atoms with van der Waals surface area (Å²) in [4.78, 5) is 10.7. The third-order valence-electron chi connectivity index (χ3n) is 1.04. The third-order valence-corrected chi connectivity index (χ3v) is 1.04. The number of hydrogen-bond acceptors (Lipinski definition) is 3. The molecule has 0 bridgehead atoms. The van der Waals surface area contributed by atoms with Crippen LogP contribution in [0.3, 0.4) is 0 Å². The average Bonchev–Trinajstić information content (AvgIpc) is 1.87. The second kappa shape index (κ2) is 5.54. The summed E-state index contributed by atoms with van der Waals surface area (Å²) in [5, 5.41) is 10.7. The van der Waals surface area contributed by atoms with E-state index in [9.17, 15) is 4.79 Å². The SMILES string of the molecule is CCOC(=O)NC(C)CC#N. The normalized spacial score (nSPS) is 11.4. The number of alkyl carbamates (subject to hydrolysis) is 1. The van der Waals surface area contributed by atoms with Gasteiger partial charge < -0.3 is 10.1 Å². The lowest BCUT2D eigenvalue weighted by atomic mass is 10.3. The molecule has 0 fully saturated rings. The molecule has 1 unspecified atom stereocenters. The van der Waals surface area contributed by atoms with Crippen molar-refractivity contribution in [3.63, 3.8) is 0 Å². The van der Waals surface area contributed by atoms with Crippen molar-refractivity contribution in [1.29, 1.82) is 5.26 Å². The zero-order chi connectivity index (χ0) is 8.69. The summed E-state index contributed by atoms with van der Waals surface area (Å²) < 4.78 is 4.60. The quantitative estimate of drug-likeness (QED) is 0.663. The highest BCUT2D eigenvalue weighted by Gasteiger charge is 2.05. The summed E-state index contributed by atoms with van der Waals surface area (Å²) >= 11 is 0. The summed E-state index contributed by atoms with van der Waals surface area (Å²) in [6, 6.07) is 1.80. The molecule has 0 rings (SSSR count). The molecule has 0 aromatic carbocycles. The monoisotopic (exact) mass is 156 g/mol. The molecule has 0 aliphatic carbocycles. The van der Waals surface area contributed by atoms with Gasteiger partial charge in [0.15, 0.2) is 0 Å². The molecule has 0 heterocycles. The molecule has 0 aromatic heterocycles. The van der Waals surface area contributed by atoms with Gasteiger partial charge in [0.05, 0.1) is 19.1 Å². The van der Waals surface area contributed by atoms with Gasteiger partial charge in [0.2, 0.25) is 0 Å². The van der Waals surface area contributed by atoms with Gasteiger partial charge in [0.1, 0.15) is 0 Å². The average molecular weight is 156 g/mol. The van der Waals surface area contributed by atoms with Gasteiger partial charge in [-0.15, -0.1) is 0 Å². The van der Waals surface area contributed by atoms with Crippen LogP contribution in [-0.2, 0) is 4.74 Å². The maximum atomic E-state index is 10.7. The molecule has 0 radical (unpaired) electrons. The first kappa shape index (κ1) is 9.76. The van der Waals surface area contributed by atoms with Gasteiger partial charge in [0, 0.05) is 6.04 Å². The van der Waals surface area contributed by atoms with Crippen LogP contribution in [0.5, 0.6) is 0 Å². The van der Waals surface area contributed by atoms with Crippen molar-refractivity contribution < 1.29 is 9.53 Å². The number of nitriles is 1. The number of amides is 1. The lowest BCUT2D eigenvalue weighted by Gasteiger charge is -2.08. The van der Waals surface area contributed by atoms with E-state index in [1.165, 1.54) is 0 Å². The molecule has 0 aliphatic heterocycles. The fourth-order valence-electron chi connectivity index (χ4n) is 0.562. The Bertz CT molecular complexity index is 162. The van der Waals surface area contributed by atoms with Gasteiger partial charge in [-0.05, 0) is 13.8 Å². The second-order valence-corrected chi connectivity index (χ2v) is 2.13. The van der Waals surface area contributed by atoms with Gasteiger partial charge in [0.25, 0.3) is 0 Å². The highest BCUT2D eigenvalue weighted by atomic mass is 16.5. The van der Waals surface area contributed by atoms with Crippen molar-refractivity contribution in [2.75, 3.05) is 6.61 Å². The number of ether oxygens (including phenoxy) is 1. The van der Waals surface area contributed by atoms with Gasteiger partial charge in [-0.3, -0.25) is 0 Å². The first-order valence-electron chi connectivity index (χ1n) is 3.51. The molecular weight excluding hydrogens is 144 g/mol. The second-order valence-electron chi connectivity index (χ2n) is 2.13. The molecular formula is C7H12N2O2. The minimum atomic E-state index is -0.463. The molecule has 0 saturated heterocycles. The van der Waals surface area contributed by atoms with E-state index in [-0.39, 0.29) is 6.04 Å². The number of nitrogens with one attached hydrogen (secondary N) is 1. The Hall–Kier alpha value is -1.24. The number of carbonyl (C=O) groups is 1. The van der Waals surface area contributed by atoms with E-state index < -0.39 is 6.09 Å². The molecule has 1 amide bonds. The summed E-state index contributed by atoms with van der Waals surface area (Å²) in [7, 11) is 0. The molecule has 62 valence electrons. The number of hydrogen-bond donors (Lipinski definition) is 1. The van der Waals surface area contributed by atoms with Crippen molar-refractivity contribution in [2.24, 2.45) is 0 Å². The molecule has 1 atom stereocenters. The van der Waals surface area contributed by atoms with Crippen LogP contribution in [0, 0.1) is 11.3 Å². The molecule has 1 N–H and O–H groups in total. The van der Waals surface area contributed by atoms with E-state index in [4.69, 9.17) is 5.26 Å². The van der Waals surface area contributed by atoms with Gasteiger partial charge >= 0.3 is 6.09 Å². The highest BCUT2D eigenvalue weighted by molar-refractivity contribution is 5.67. The van der Waals surface area contributed by atoms with E-state index in [0.29, 0.717) is 13.0 Å². The van der Waals surface area contributed by atoms with Crippen LogP contribution in [0.15, 0.2) is 0 Å². The smallest absolute Gasteiger partial charge is 0.407 e. The van der Waals surface area contributed by atoms with Crippen LogP contribution in [0.2, 0.25) is 0 Å². The first-order chi connectivity index (χ1) is 5.20. The molecule has 4 nitrogen and oxygen atoms in total. The summed E-state index contributed by atoms with van der Waals surface area (Å²) in [5.41, 5.74) is 0. The molecule has 0 spiro atoms. The number of carbonyl (C=O) groups excluding carboxylic acids is 1. The summed E-state index contributed by atoms with van der Waals surface area (Å²) in [6.07, 6.45) is -0.158. The Morgan fingerprint density at radius 3 is 2.91 bits per heavy atom. The van der Waals surface area contributed by atoms with Crippen molar-refractivity contribution >= 4 is 6.09 Å². The zero-order valence-electron chi connectivity index (χ0n) is 6.76. The van der Waals surface area contributed by atoms with E-state index in [1.807, 2.05) is 6.07 Å². The maximum absolute atomic E-state index is 10.7. The van der Waals surface area contributed by atoms with Gasteiger partial charge in [-0.2, -0.15) is 5.26 Å². The Balaban J connectivity index is 3.50. The van der Waals surface area contributed by atoms with Gasteiger partial charge in [-0.25, -0.2) is 4.79 Å². The van der Waals surface area contributed by atoms with Crippen LogP contribution in [0.25, 0.3) is 0 Å². The van der Waals surface area contributed by atoms with Crippen molar-refractivity contribution in [3.8, 4) is 6.07 Å². The third kappa shape index (κ3) is 5.22. The van der Waals surface area contributed by atoms with Crippen LogP contribution >= 0.6 is 0 Å². The standard InChI is InChI=1S/C7H12N2O2/c1-3-11-7(10)9-6(2)4-5-8/h6H,3-4H2,1-2H3,(H,9,10). The summed E-state index contributed by atoms with van der Waals surface area (Å²) in [5.74, 6) is 0. The minimum absolute atomic E-state index is 0.140. The highest BCUT2D eigenvalue weighted by Crippen LogP contribution is 1.88. The molecule has 0 aromatic rings. The predicted molar refractivity (Wildman–Crippen MR) is 39.8 cm³/mol. The molecule has 0 aliphatic rings. The summed E-state index contributed by atoms with van der Waals surface area (Å²) in [6.45, 7) is 3.83. The van der Waals surface area contributed by atoms with E-state index in [1.54, 1.807) is 13.8 Å². The Morgan fingerprint density at radius 2 is 2.45 bits per heavy atom. The van der Waals surface area contributed by atoms with E-state index in [2.05, 4.69) is 10.1 Å². The molecule has 11 heavy (non-hydrogen) atoms. The number of rotatable bonds is 3.